The number of rotatable bonds is 8. The van der Waals surface area contributed by atoms with E-state index in [0.29, 0.717) is 6.92 Å². The molecule has 0 aliphatic carbocycles. The van der Waals surface area contributed by atoms with Crippen molar-refractivity contribution >= 4 is 11.2 Å². The highest BCUT2D eigenvalue weighted by Gasteiger charge is 2.24. The topological polar surface area (TPSA) is 83.5 Å². The van der Waals surface area contributed by atoms with E-state index in [2.05, 4.69) is 14.6 Å². The molecule has 0 radical (unpaired) electrons. The molecule has 0 fully saturated rings. The van der Waals surface area contributed by atoms with Crippen molar-refractivity contribution in [2.24, 2.45) is 14.1 Å². The van der Waals surface area contributed by atoms with Crippen LogP contribution < -0.4 is 20.7 Å². The zero-order valence-electron chi connectivity index (χ0n) is 20.7. The van der Waals surface area contributed by atoms with Gasteiger partial charge in [0.15, 0.2) is 11.2 Å². The van der Waals surface area contributed by atoms with Crippen LogP contribution in [0.2, 0.25) is 0 Å². The molecule has 2 aromatic carbocycles. The Morgan fingerprint density at radius 2 is 1.61 bits per heavy atom. The average molecular weight is 500 g/mol. The molecule has 0 saturated heterocycles. The Bertz CT molecular complexity index is 1520. The van der Waals surface area contributed by atoms with Crippen molar-refractivity contribution in [2.45, 2.75) is 26.1 Å². The molecule has 0 spiro atoms. The molecule has 190 valence electrons. The van der Waals surface area contributed by atoms with Gasteiger partial charge in [-0.15, -0.1) is 0 Å². The van der Waals surface area contributed by atoms with Crippen molar-refractivity contribution in [2.75, 3.05) is 14.1 Å². The summed E-state index contributed by atoms with van der Waals surface area (Å²) in [4.78, 5) is 32.1. The maximum absolute atomic E-state index is 13.3. The zero-order chi connectivity index (χ0) is 26.2. The molecule has 11 heteroatoms. The number of nitrogens with zero attached hydrogens (tertiary/aromatic N) is 5. The number of halogens is 2. The van der Waals surface area contributed by atoms with E-state index in [1.54, 1.807) is 10.6 Å². The number of ether oxygens (including phenoxy) is 2. The summed E-state index contributed by atoms with van der Waals surface area (Å²) < 4.78 is 41.1. The van der Waals surface area contributed by atoms with Crippen LogP contribution in [0.1, 0.15) is 18.1 Å². The summed E-state index contributed by atoms with van der Waals surface area (Å²) in [5.41, 5.74) is 1.27. The summed E-state index contributed by atoms with van der Waals surface area (Å²) in [7, 11) is 6.87. The van der Waals surface area contributed by atoms with Crippen LogP contribution >= 0.6 is 0 Å². The van der Waals surface area contributed by atoms with Gasteiger partial charge in [0.05, 0.1) is 6.54 Å². The smallest absolute Gasteiger partial charge is 0.394 e. The second kappa shape index (κ2) is 9.57. The van der Waals surface area contributed by atoms with E-state index >= 15 is 0 Å². The third-order valence-electron chi connectivity index (χ3n) is 5.49. The van der Waals surface area contributed by atoms with Gasteiger partial charge >= 0.3 is 17.8 Å². The molecule has 4 rings (SSSR count). The van der Waals surface area contributed by atoms with Gasteiger partial charge in [-0.1, -0.05) is 30.3 Å². The fourth-order valence-electron chi connectivity index (χ4n) is 3.86. The lowest BCUT2D eigenvalue weighted by Crippen LogP contribution is -2.37. The number of aromatic nitrogens is 4. The SMILES string of the molecule is CN(C)Cc1ccc(Cn2c(Oc3cccc(OC(C)(F)F)c3)nc3c2c(=O)n(C)c(=O)n3C)cc1. The Morgan fingerprint density at radius 3 is 2.25 bits per heavy atom. The minimum Gasteiger partial charge on any atom is -0.433 e. The first-order valence-electron chi connectivity index (χ1n) is 11.2. The molecule has 36 heavy (non-hydrogen) atoms. The lowest BCUT2D eigenvalue weighted by molar-refractivity contribution is -0.159. The summed E-state index contributed by atoms with van der Waals surface area (Å²) >= 11 is 0. The summed E-state index contributed by atoms with van der Waals surface area (Å²) in [6, 6.07) is 13.6. The predicted molar refractivity (Wildman–Crippen MR) is 131 cm³/mol. The molecule has 4 aromatic rings. The Kier molecular flexibility index (Phi) is 6.68. The summed E-state index contributed by atoms with van der Waals surface area (Å²) in [6.45, 7) is 1.64. The molecule has 0 amide bonds. The van der Waals surface area contributed by atoms with E-state index in [1.165, 1.54) is 36.9 Å². The minimum absolute atomic E-state index is 0.0288. The molecule has 0 saturated carbocycles. The van der Waals surface area contributed by atoms with Crippen LogP contribution in [0.15, 0.2) is 58.1 Å². The minimum atomic E-state index is -3.37. The van der Waals surface area contributed by atoms with Gasteiger partial charge in [-0.2, -0.15) is 13.8 Å². The number of imidazole rings is 1. The van der Waals surface area contributed by atoms with E-state index in [-0.39, 0.29) is 35.2 Å². The van der Waals surface area contributed by atoms with Gasteiger partial charge in [-0.25, -0.2) is 4.79 Å². The first-order chi connectivity index (χ1) is 16.9. The highest BCUT2D eigenvalue weighted by molar-refractivity contribution is 5.72. The highest BCUT2D eigenvalue weighted by atomic mass is 19.3. The van der Waals surface area contributed by atoms with Crippen LogP contribution in [0.3, 0.4) is 0 Å². The number of hydrogen-bond donors (Lipinski definition) is 0. The van der Waals surface area contributed by atoms with Crippen molar-refractivity contribution in [3.63, 3.8) is 0 Å². The maximum Gasteiger partial charge on any atom is 0.394 e. The molecular formula is C25H27F2N5O4. The van der Waals surface area contributed by atoms with Gasteiger partial charge < -0.3 is 14.4 Å². The van der Waals surface area contributed by atoms with Gasteiger partial charge in [0.2, 0.25) is 0 Å². The molecule has 0 unspecified atom stereocenters. The summed E-state index contributed by atoms with van der Waals surface area (Å²) in [6.07, 6.45) is -3.37. The molecule has 9 nitrogen and oxygen atoms in total. The third-order valence-corrected chi connectivity index (χ3v) is 5.49. The normalized spacial score (nSPS) is 11.9. The van der Waals surface area contributed by atoms with E-state index in [0.717, 1.165) is 22.2 Å². The third kappa shape index (κ3) is 5.30. The first kappa shape index (κ1) is 25.1. The number of hydrogen-bond acceptors (Lipinski definition) is 6. The first-order valence-corrected chi connectivity index (χ1v) is 11.2. The summed E-state index contributed by atoms with van der Waals surface area (Å²) in [5, 5.41) is 0. The largest absolute Gasteiger partial charge is 0.433 e. The number of fused-ring (bicyclic) bond motifs is 1. The molecule has 0 bridgehead atoms. The quantitative estimate of drug-likeness (QED) is 0.370. The molecule has 0 atom stereocenters. The maximum atomic E-state index is 13.3. The standard InChI is InChI=1S/C25H27F2N5O4/c1-25(26,27)36-19-8-6-7-18(13-19)35-23-28-21-20(22(33)31(5)24(34)30(21)4)32(23)15-17-11-9-16(10-12-17)14-29(2)3/h6-13H,14-15H2,1-5H3. The van der Waals surface area contributed by atoms with Gasteiger partial charge in [0, 0.05) is 33.6 Å². The second-order valence-electron chi connectivity index (χ2n) is 8.90. The van der Waals surface area contributed by atoms with E-state index in [9.17, 15) is 18.4 Å². The number of aryl methyl sites for hydroxylation is 1. The summed E-state index contributed by atoms with van der Waals surface area (Å²) in [5.74, 6) is 0.0823. The Labute approximate surface area is 205 Å². The van der Waals surface area contributed by atoms with Crippen molar-refractivity contribution in [1.82, 2.24) is 23.6 Å². The molecule has 2 heterocycles. The molecule has 0 aliphatic heterocycles. The van der Waals surface area contributed by atoms with Gasteiger partial charge in [0.1, 0.15) is 11.5 Å². The van der Waals surface area contributed by atoms with Crippen LogP contribution in [0.4, 0.5) is 8.78 Å². The number of alkyl halides is 2. The van der Waals surface area contributed by atoms with E-state index in [4.69, 9.17) is 4.74 Å². The second-order valence-corrected chi connectivity index (χ2v) is 8.90. The predicted octanol–water partition coefficient (Wildman–Crippen LogP) is 3.33. The fraction of sp³-hybridized carbons (Fsp3) is 0.320. The molecule has 2 aromatic heterocycles. The van der Waals surface area contributed by atoms with Crippen molar-refractivity contribution in [3.8, 4) is 17.5 Å². The monoisotopic (exact) mass is 499 g/mol. The number of benzene rings is 2. The molecular weight excluding hydrogens is 472 g/mol. The lowest BCUT2D eigenvalue weighted by Gasteiger charge is -2.14. The Morgan fingerprint density at radius 1 is 0.972 bits per heavy atom. The van der Waals surface area contributed by atoms with Crippen molar-refractivity contribution < 1.29 is 18.3 Å². The van der Waals surface area contributed by atoms with Crippen LogP contribution in [0.25, 0.3) is 11.2 Å². The van der Waals surface area contributed by atoms with Crippen molar-refractivity contribution in [3.05, 3.63) is 80.5 Å². The zero-order valence-corrected chi connectivity index (χ0v) is 20.7. The van der Waals surface area contributed by atoms with Crippen molar-refractivity contribution in [1.29, 1.82) is 0 Å². The highest BCUT2D eigenvalue weighted by Crippen LogP contribution is 2.29. The Balaban J connectivity index is 1.80. The molecule has 0 N–H and O–H groups in total. The fourth-order valence-corrected chi connectivity index (χ4v) is 3.86. The van der Waals surface area contributed by atoms with Crippen LogP contribution in [0.5, 0.6) is 17.5 Å². The van der Waals surface area contributed by atoms with E-state index < -0.39 is 17.4 Å². The Hall–Kier alpha value is -3.99. The van der Waals surface area contributed by atoms with Crippen LogP contribution in [0, 0.1) is 0 Å². The van der Waals surface area contributed by atoms with Crippen LogP contribution in [-0.4, -0.2) is 43.8 Å². The lowest BCUT2D eigenvalue weighted by atomic mass is 10.1. The van der Waals surface area contributed by atoms with Crippen LogP contribution in [-0.2, 0) is 27.2 Å². The van der Waals surface area contributed by atoms with Gasteiger partial charge in [0.25, 0.3) is 5.56 Å². The average Bonchev–Trinajstić information content (AvgIpc) is 3.14. The van der Waals surface area contributed by atoms with Gasteiger partial charge in [-0.05, 0) is 37.4 Å². The van der Waals surface area contributed by atoms with E-state index in [1.807, 2.05) is 38.4 Å². The molecule has 0 aliphatic rings. The van der Waals surface area contributed by atoms with Gasteiger partial charge in [-0.3, -0.25) is 18.5 Å².